The van der Waals surface area contributed by atoms with Gasteiger partial charge in [-0.05, 0) is 25.0 Å². The van der Waals surface area contributed by atoms with Crippen LogP contribution in [0.25, 0.3) is 6.08 Å². The van der Waals surface area contributed by atoms with Crippen LogP contribution in [0.3, 0.4) is 0 Å². The predicted octanol–water partition coefficient (Wildman–Crippen LogP) is -1.03. The zero-order valence-electron chi connectivity index (χ0n) is 10.3. The minimum atomic E-state index is -1.04. The van der Waals surface area contributed by atoms with Crippen molar-refractivity contribution < 1.29 is 39.5 Å². The van der Waals surface area contributed by atoms with Crippen LogP contribution in [0.1, 0.15) is 37.8 Å². The quantitative estimate of drug-likeness (QED) is 0.618. The molecule has 3 heteroatoms. The van der Waals surface area contributed by atoms with Gasteiger partial charge in [-0.15, -0.1) is 0 Å². The van der Waals surface area contributed by atoms with E-state index in [1.807, 2.05) is 44.2 Å². The third-order valence-electron chi connectivity index (χ3n) is 2.25. The molecule has 1 atom stereocenters. The van der Waals surface area contributed by atoms with Crippen LogP contribution in [0.15, 0.2) is 29.8 Å². The molecule has 0 spiro atoms. The standard InChI is InChI=1S/C13H16O2.Na/c1-9(2)8-11-4-6-12(7-5-11)10(3)13(14)15;/h4-8,10H,1-3H3,(H,14,15);/q;+1/p-1. The van der Waals surface area contributed by atoms with Crippen molar-refractivity contribution in [2.24, 2.45) is 0 Å². The third kappa shape index (κ3) is 4.52. The number of carbonyl (C=O) groups is 1. The number of benzene rings is 1. The van der Waals surface area contributed by atoms with Gasteiger partial charge in [0.15, 0.2) is 0 Å². The van der Waals surface area contributed by atoms with Crippen molar-refractivity contribution in [3.05, 3.63) is 41.0 Å². The van der Waals surface area contributed by atoms with Crippen LogP contribution in [0, 0.1) is 0 Å². The number of carbonyl (C=O) groups excluding carboxylic acids is 1. The van der Waals surface area contributed by atoms with Crippen molar-refractivity contribution in [1.82, 2.24) is 0 Å². The predicted molar refractivity (Wildman–Crippen MR) is 59.2 cm³/mol. The second-order valence-electron chi connectivity index (χ2n) is 3.93. The summed E-state index contributed by atoms with van der Waals surface area (Å²) in [6.07, 6.45) is 2.05. The maximum Gasteiger partial charge on any atom is 1.00 e. The average Bonchev–Trinajstić information content (AvgIpc) is 2.17. The molecule has 1 rings (SSSR count). The van der Waals surface area contributed by atoms with Crippen molar-refractivity contribution in [1.29, 1.82) is 0 Å². The third-order valence-corrected chi connectivity index (χ3v) is 2.25. The summed E-state index contributed by atoms with van der Waals surface area (Å²) in [7, 11) is 0. The van der Waals surface area contributed by atoms with Crippen LogP contribution >= 0.6 is 0 Å². The molecule has 0 saturated carbocycles. The van der Waals surface area contributed by atoms with Gasteiger partial charge < -0.3 is 9.90 Å². The van der Waals surface area contributed by atoms with E-state index in [-0.39, 0.29) is 29.6 Å². The Bertz CT molecular complexity index is 375. The minimum absolute atomic E-state index is 0. The summed E-state index contributed by atoms with van der Waals surface area (Å²) in [4.78, 5) is 10.6. The Morgan fingerprint density at radius 3 is 2.12 bits per heavy atom. The van der Waals surface area contributed by atoms with Crippen LogP contribution in [0.4, 0.5) is 0 Å². The van der Waals surface area contributed by atoms with Gasteiger partial charge in [0.1, 0.15) is 0 Å². The fraction of sp³-hybridized carbons (Fsp3) is 0.308. The van der Waals surface area contributed by atoms with Crippen LogP contribution in [0.2, 0.25) is 0 Å². The van der Waals surface area contributed by atoms with E-state index < -0.39 is 11.9 Å². The summed E-state index contributed by atoms with van der Waals surface area (Å²) in [5, 5.41) is 10.6. The Hall–Kier alpha value is -0.570. The van der Waals surface area contributed by atoms with E-state index in [0.717, 1.165) is 11.1 Å². The van der Waals surface area contributed by atoms with Crippen molar-refractivity contribution in [3.8, 4) is 0 Å². The largest absolute Gasteiger partial charge is 1.00 e. The Labute approximate surface area is 119 Å². The van der Waals surface area contributed by atoms with Gasteiger partial charge in [0.25, 0.3) is 0 Å². The second-order valence-corrected chi connectivity index (χ2v) is 3.93. The molecule has 0 bridgehead atoms. The monoisotopic (exact) mass is 226 g/mol. The molecule has 0 aliphatic heterocycles. The topological polar surface area (TPSA) is 40.1 Å². The molecule has 1 aromatic carbocycles. The summed E-state index contributed by atoms with van der Waals surface area (Å²) in [6, 6.07) is 7.49. The molecule has 0 saturated heterocycles. The Kier molecular flexibility index (Phi) is 6.65. The Morgan fingerprint density at radius 1 is 1.25 bits per heavy atom. The number of aliphatic carboxylic acids is 1. The summed E-state index contributed by atoms with van der Waals surface area (Å²) >= 11 is 0. The fourth-order valence-electron chi connectivity index (χ4n) is 1.35. The number of hydrogen-bond donors (Lipinski definition) is 0. The first kappa shape index (κ1) is 15.4. The number of carboxylic acids is 1. The van der Waals surface area contributed by atoms with Crippen LogP contribution in [-0.2, 0) is 4.79 Å². The van der Waals surface area contributed by atoms with E-state index in [4.69, 9.17) is 0 Å². The maximum atomic E-state index is 10.6. The number of rotatable bonds is 3. The molecule has 0 fully saturated rings. The van der Waals surface area contributed by atoms with E-state index >= 15 is 0 Å². The molecule has 0 N–H and O–H groups in total. The first-order valence-corrected chi connectivity index (χ1v) is 4.96. The summed E-state index contributed by atoms with van der Waals surface area (Å²) < 4.78 is 0. The van der Waals surface area contributed by atoms with Gasteiger partial charge in [0.05, 0.1) is 0 Å². The molecule has 0 aliphatic rings. The van der Waals surface area contributed by atoms with Crippen molar-refractivity contribution in [3.63, 3.8) is 0 Å². The molecule has 1 aromatic rings. The maximum absolute atomic E-state index is 10.6. The fourth-order valence-corrected chi connectivity index (χ4v) is 1.35. The number of allylic oxidation sites excluding steroid dienone is 1. The van der Waals surface area contributed by atoms with E-state index in [1.165, 1.54) is 5.57 Å². The molecule has 2 nitrogen and oxygen atoms in total. The van der Waals surface area contributed by atoms with E-state index in [0.29, 0.717) is 0 Å². The van der Waals surface area contributed by atoms with Gasteiger partial charge in [-0.3, -0.25) is 0 Å². The van der Waals surface area contributed by atoms with Gasteiger partial charge in [-0.1, -0.05) is 42.8 Å². The van der Waals surface area contributed by atoms with Gasteiger partial charge in [0.2, 0.25) is 0 Å². The van der Waals surface area contributed by atoms with Crippen LogP contribution < -0.4 is 34.7 Å². The number of hydrogen-bond acceptors (Lipinski definition) is 2. The molecule has 1 unspecified atom stereocenters. The molecule has 0 amide bonds. The second kappa shape index (κ2) is 6.89. The van der Waals surface area contributed by atoms with Crippen LogP contribution in [-0.4, -0.2) is 5.97 Å². The zero-order chi connectivity index (χ0) is 11.4. The molecular formula is C13H15NaO2. The summed E-state index contributed by atoms with van der Waals surface area (Å²) in [5.41, 5.74) is 3.08. The zero-order valence-corrected chi connectivity index (χ0v) is 12.3. The molecule has 0 heterocycles. The van der Waals surface area contributed by atoms with Crippen LogP contribution in [0.5, 0.6) is 0 Å². The van der Waals surface area contributed by atoms with Gasteiger partial charge >= 0.3 is 29.6 Å². The number of carboxylic acid groups (broad SMARTS) is 1. The molecule has 0 aliphatic carbocycles. The van der Waals surface area contributed by atoms with E-state index in [2.05, 4.69) is 0 Å². The Balaban J connectivity index is 0.00000225. The SMILES string of the molecule is CC(C)=Cc1ccc(C(C)C(=O)[O-])cc1.[Na+]. The molecule has 16 heavy (non-hydrogen) atoms. The average molecular weight is 226 g/mol. The van der Waals surface area contributed by atoms with Gasteiger partial charge in [-0.2, -0.15) is 0 Å². The van der Waals surface area contributed by atoms with Crippen molar-refractivity contribution in [2.75, 3.05) is 0 Å². The van der Waals surface area contributed by atoms with E-state index in [9.17, 15) is 9.90 Å². The van der Waals surface area contributed by atoms with Crippen molar-refractivity contribution in [2.45, 2.75) is 26.7 Å². The molecular weight excluding hydrogens is 211 g/mol. The summed E-state index contributed by atoms with van der Waals surface area (Å²) in [6.45, 7) is 5.68. The van der Waals surface area contributed by atoms with E-state index in [1.54, 1.807) is 6.92 Å². The normalized spacial score (nSPS) is 11.2. The van der Waals surface area contributed by atoms with Gasteiger partial charge in [0, 0.05) is 11.9 Å². The summed E-state index contributed by atoms with van der Waals surface area (Å²) in [5.74, 6) is -1.59. The Morgan fingerprint density at radius 2 is 1.75 bits per heavy atom. The minimum Gasteiger partial charge on any atom is -0.550 e. The molecule has 0 aromatic heterocycles. The first-order chi connectivity index (χ1) is 7.00. The first-order valence-electron chi connectivity index (χ1n) is 4.96. The van der Waals surface area contributed by atoms with Crippen molar-refractivity contribution >= 4 is 12.0 Å². The smallest absolute Gasteiger partial charge is 0.550 e. The molecule has 0 radical (unpaired) electrons. The molecule has 80 valence electrons. The van der Waals surface area contributed by atoms with Gasteiger partial charge in [-0.25, -0.2) is 0 Å².